The van der Waals surface area contributed by atoms with Crippen molar-refractivity contribution < 1.29 is 4.79 Å². The number of likely N-dealkylation sites (N-methyl/N-ethyl adjacent to an activating group) is 1. The van der Waals surface area contributed by atoms with Crippen LogP contribution in [0.1, 0.15) is 22.0 Å². The summed E-state index contributed by atoms with van der Waals surface area (Å²) < 4.78 is 1.11. The van der Waals surface area contributed by atoms with Crippen LogP contribution in [-0.4, -0.2) is 31.4 Å². The number of hydrogen-bond acceptors (Lipinski definition) is 2. The monoisotopic (exact) mass is 428 g/mol. The van der Waals surface area contributed by atoms with Crippen molar-refractivity contribution in [2.75, 3.05) is 20.6 Å². The lowest BCUT2D eigenvalue weighted by atomic mass is 10.1. The minimum Gasteiger partial charge on any atom is -0.350 e. The lowest BCUT2D eigenvalue weighted by Gasteiger charge is -2.26. The fourth-order valence-corrected chi connectivity index (χ4v) is 2.83. The number of rotatable bonds is 5. The quantitative estimate of drug-likeness (QED) is 0.731. The van der Waals surface area contributed by atoms with Crippen LogP contribution in [0.25, 0.3) is 0 Å². The molecule has 0 saturated carbocycles. The van der Waals surface area contributed by atoms with E-state index in [2.05, 4.69) is 32.8 Å². The molecule has 1 N–H and O–H groups in total. The molecule has 2 aromatic carbocycles. The minimum absolute atomic E-state index is 0.0292. The normalized spacial score (nSPS) is 12.2. The van der Waals surface area contributed by atoms with Crippen LogP contribution in [0.2, 0.25) is 5.02 Å². The van der Waals surface area contributed by atoms with E-state index >= 15 is 0 Å². The number of carbonyl (C=O) groups is 1. The van der Waals surface area contributed by atoms with Crippen molar-refractivity contribution in [1.82, 2.24) is 10.2 Å². The Labute approximate surface area is 149 Å². The van der Waals surface area contributed by atoms with Crippen molar-refractivity contribution in [2.45, 2.75) is 6.04 Å². The number of hydrogen-bond donors (Lipinski definition) is 1. The molecule has 0 radical (unpaired) electrons. The van der Waals surface area contributed by atoms with Crippen LogP contribution in [0.5, 0.6) is 0 Å². The predicted molar refractivity (Wildman–Crippen MR) is 99.4 cm³/mol. The molecule has 1 unspecified atom stereocenters. The number of halogens is 2. The van der Waals surface area contributed by atoms with Gasteiger partial charge in [-0.2, -0.15) is 0 Å². The van der Waals surface area contributed by atoms with Gasteiger partial charge in [-0.15, -0.1) is 0 Å². The van der Waals surface area contributed by atoms with E-state index in [4.69, 9.17) is 11.6 Å². The maximum atomic E-state index is 12.2. The van der Waals surface area contributed by atoms with Crippen LogP contribution in [0.4, 0.5) is 0 Å². The number of carbonyl (C=O) groups excluding carboxylic acids is 1. The first-order chi connectivity index (χ1) is 10.5. The third kappa shape index (κ3) is 4.44. The van der Waals surface area contributed by atoms with Gasteiger partial charge in [0.2, 0.25) is 0 Å². The zero-order valence-corrected chi connectivity index (χ0v) is 15.4. The first kappa shape index (κ1) is 17.2. The molecule has 5 heteroatoms. The molecule has 1 amide bonds. The smallest absolute Gasteiger partial charge is 0.251 e. The second kappa shape index (κ2) is 7.94. The zero-order chi connectivity index (χ0) is 16.1. The van der Waals surface area contributed by atoms with Gasteiger partial charge in [-0.1, -0.05) is 29.8 Å². The molecule has 0 fully saturated rings. The van der Waals surface area contributed by atoms with Gasteiger partial charge in [-0.3, -0.25) is 4.79 Å². The fourth-order valence-electron chi connectivity index (χ4n) is 2.21. The molecule has 0 spiro atoms. The second-order valence-corrected chi connectivity index (χ2v) is 6.87. The highest BCUT2D eigenvalue weighted by Crippen LogP contribution is 2.25. The Morgan fingerprint density at radius 1 is 1.18 bits per heavy atom. The van der Waals surface area contributed by atoms with Crippen LogP contribution in [0, 0.1) is 3.57 Å². The van der Waals surface area contributed by atoms with E-state index in [-0.39, 0.29) is 11.9 Å². The average Bonchev–Trinajstić information content (AvgIpc) is 2.49. The molecule has 0 saturated heterocycles. The molecule has 2 rings (SSSR count). The Morgan fingerprint density at radius 3 is 2.41 bits per heavy atom. The summed E-state index contributed by atoms with van der Waals surface area (Å²) >= 11 is 8.49. The van der Waals surface area contributed by atoms with Gasteiger partial charge in [0.15, 0.2) is 0 Å². The van der Waals surface area contributed by atoms with Gasteiger partial charge < -0.3 is 10.2 Å². The summed E-state index contributed by atoms with van der Waals surface area (Å²) in [5.74, 6) is -0.0738. The number of amides is 1. The molecule has 0 aromatic heterocycles. The molecular weight excluding hydrogens is 411 g/mol. The van der Waals surface area contributed by atoms with Crippen LogP contribution in [0.15, 0.2) is 48.5 Å². The second-order valence-electron chi connectivity index (χ2n) is 5.22. The Hall–Kier alpha value is -1.11. The van der Waals surface area contributed by atoms with Crippen LogP contribution in [0.3, 0.4) is 0 Å². The molecule has 0 aliphatic heterocycles. The molecule has 22 heavy (non-hydrogen) atoms. The molecule has 0 aliphatic rings. The zero-order valence-electron chi connectivity index (χ0n) is 12.5. The third-order valence-corrected chi connectivity index (χ3v) is 4.51. The third-order valence-electron chi connectivity index (χ3n) is 3.45. The highest BCUT2D eigenvalue weighted by molar-refractivity contribution is 14.1. The highest BCUT2D eigenvalue weighted by Gasteiger charge is 2.18. The van der Waals surface area contributed by atoms with Gasteiger partial charge in [0.05, 0.1) is 6.04 Å². The van der Waals surface area contributed by atoms with E-state index < -0.39 is 0 Å². The van der Waals surface area contributed by atoms with E-state index in [0.717, 1.165) is 9.13 Å². The summed E-state index contributed by atoms with van der Waals surface area (Å²) in [6, 6.07) is 15.3. The molecule has 1 atom stereocenters. The van der Waals surface area contributed by atoms with Crippen molar-refractivity contribution in [3.05, 3.63) is 68.3 Å². The average molecular weight is 429 g/mol. The lowest BCUT2D eigenvalue weighted by molar-refractivity contribution is 0.0942. The molecule has 2 aromatic rings. The van der Waals surface area contributed by atoms with Crippen molar-refractivity contribution in [1.29, 1.82) is 0 Å². The maximum Gasteiger partial charge on any atom is 0.251 e. The molecule has 116 valence electrons. The molecule has 0 aliphatic carbocycles. The highest BCUT2D eigenvalue weighted by atomic mass is 127. The van der Waals surface area contributed by atoms with Gasteiger partial charge in [0.1, 0.15) is 0 Å². The standard InChI is InChI=1S/C17H18ClIN2O/c1-21(2)16(14-5-3-4-6-15(14)18)11-20-17(22)12-7-9-13(19)10-8-12/h3-10,16H,11H2,1-2H3,(H,20,22). The van der Waals surface area contributed by atoms with Crippen LogP contribution < -0.4 is 5.32 Å². The summed E-state index contributed by atoms with van der Waals surface area (Å²) in [5.41, 5.74) is 1.68. The summed E-state index contributed by atoms with van der Waals surface area (Å²) in [6.45, 7) is 0.502. The van der Waals surface area contributed by atoms with Crippen LogP contribution >= 0.6 is 34.2 Å². The first-order valence-corrected chi connectivity index (χ1v) is 8.39. The molecule has 0 heterocycles. The Bertz CT molecular complexity index is 643. The van der Waals surface area contributed by atoms with E-state index in [9.17, 15) is 4.79 Å². The Balaban J connectivity index is 2.08. The van der Waals surface area contributed by atoms with Crippen LogP contribution in [-0.2, 0) is 0 Å². The summed E-state index contributed by atoms with van der Waals surface area (Å²) in [6.07, 6.45) is 0. The molecule has 0 bridgehead atoms. The van der Waals surface area contributed by atoms with Gasteiger partial charge in [0.25, 0.3) is 5.91 Å². The topological polar surface area (TPSA) is 32.3 Å². The lowest BCUT2D eigenvalue weighted by Crippen LogP contribution is -2.34. The first-order valence-electron chi connectivity index (χ1n) is 6.93. The Morgan fingerprint density at radius 2 is 1.82 bits per heavy atom. The molecule has 3 nitrogen and oxygen atoms in total. The van der Waals surface area contributed by atoms with Gasteiger partial charge in [-0.25, -0.2) is 0 Å². The molecular formula is C17H18ClIN2O. The number of nitrogens with one attached hydrogen (secondary N) is 1. The SMILES string of the molecule is CN(C)C(CNC(=O)c1ccc(I)cc1)c1ccccc1Cl. The number of benzene rings is 2. The van der Waals surface area contributed by atoms with Crippen molar-refractivity contribution in [2.24, 2.45) is 0 Å². The van der Waals surface area contributed by atoms with Crippen molar-refractivity contribution >= 4 is 40.1 Å². The van der Waals surface area contributed by atoms with Gasteiger partial charge >= 0.3 is 0 Å². The van der Waals surface area contributed by atoms with Gasteiger partial charge in [-0.05, 0) is 72.6 Å². The van der Waals surface area contributed by atoms with E-state index in [1.54, 1.807) is 0 Å². The summed E-state index contributed by atoms with van der Waals surface area (Å²) in [5, 5.41) is 3.70. The van der Waals surface area contributed by atoms with Crippen molar-refractivity contribution in [3.63, 3.8) is 0 Å². The van der Waals surface area contributed by atoms with E-state index in [1.165, 1.54) is 0 Å². The van der Waals surface area contributed by atoms with Crippen molar-refractivity contribution in [3.8, 4) is 0 Å². The van der Waals surface area contributed by atoms with E-state index in [1.807, 2.05) is 62.6 Å². The minimum atomic E-state index is -0.0738. The number of nitrogens with zero attached hydrogens (tertiary/aromatic N) is 1. The Kier molecular flexibility index (Phi) is 6.23. The maximum absolute atomic E-state index is 12.2. The van der Waals surface area contributed by atoms with E-state index in [0.29, 0.717) is 17.1 Å². The predicted octanol–water partition coefficient (Wildman–Crippen LogP) is 3.98. The largest absolute Gasteiger partial charge is 0.350 e. The summed E-state index contributed by atoms with van der Waals surface area (Å²) in [7, 11) is 3.95. The fraction of sp³-hybridized carbons (Fsp3) is 0.235. The summed E-state index contributed by atoms with van der Waals surface area (Å²) in [4.78, 5) is 14.3. The van der Waals surface area contributed by atoms with Gasteiger partial charge in [0, 0.05) is 20.7 Å².